The molecule has 0 radical (unpaired) electrons. The monoisotopic (exact) mass is 349 g/mol. The normalized spacial score (nSPS) is 29.3. The second-order valence-electron chi connectivity index (χ2n) is 7.82. The maximum Gasteiger partial charge on any atom is 0.229 e. The Hall–Kier alpha value is -1.43. The molecule has 2 heterocycles. The summed E-state index contributed by atoms with van der Waals surface area (Å²) in [6, 6.07) is 0. The molecule has 5 nitrogen and oxygen atoms in total. The van der Waals surface area contributed by atoms with Crippen molar-refractivity contribution in [3.8, 4) is 0 Å². The van der Waals surface area contributed by atoms with Crippen LogP contribution < -0.4 is 5.32 Å². The molecule has 0 bridgehead atoms. The summed E-state index contributed by atoms with van der Waals surface area (Å²) in [4.78, 5) is 31.9. The van der Waals surface area contributed by atoms with Gasteiger partial charge in [0.25, 0.3) is 0 Å². The lowest BCUT2D eigenvalue weighted by Gasteiger charge is -2.47. The number of hydrogen-bond acceptors (Lipinski definition) is 4. The number of likely N-dealkylation sites (tertiary alicyclic amines) is 1. The maximum absolute atomic E-state index is 13.2. The van der Waals surface area contributed by atoms with E-state index >= 15 is 0 Å². The topological polar surface area (TPSA) is 62.3 Å². The van der Waals surface area contributed by atoms with Gasteiger partial charge >= 0.3 is 0 Å². The van der Waals surface area contributed by atoms with Gasteiger partial charge in [0.05, 0.1) is 10.4 Å². The van der Waals surface area contributed by atoms with Crippen molar-refractivity contribution in [3.05, 3.63) is 16.6 Å². The van der Waals surface area contributed by atoms with Gasteiger partial charge in [0, 0.05) is 43.0 Å². The van der Waals surface area contributed by atoms with Crippen LogP contribution >= 0.6 is 11.3 Å². The Balaban J connectivity index is 1.69. The first kappa shape index (κ1) is 17.4. The van der Waals surface area contributed by atoms with Crippen molar-refractivity contribution in [1.29, 1.82) is 0 Å². The van der Waals surface area contributed by atoms with Gasteiger partial charge in [-0.15, -0.1) is 11.3 Å². The van der Waals surface area contributed by atoms with Crippen molar-refractivity contribution in [3.63, 3.8) is 0 Å². The zero-order valence-corrected chi connectivity index (χ0v) is 15.8. The maximum atomic E-state index is 13.2. The molecule has 0 aromatic carbocycles. The third-order valence-corrected chi connectivity index (χ3v) is 7.27. The summed E-state index contributed by atoms with van der Waals surface area (Å²) in [6.07, 6.45) is 3.38. The molecule has 2 amide bonds. The number of carbonyl (C=O) groups excluding carboxylic acids is 2. The highest BCUT2D eigenvalue weighted by Crippen LogP contribution is 2.57. The zero-order chi connectivity index (χ0) is 17.5. The standard InChI is InChI=1S/C18H27N3O2S/c1-5-19-14(22)13-6-7-18(4,17(13,2)3)16(23)21-10-12(11-21)15-20-8-9-24-15/h8-9,12-13H,5-7,10-11H2,1-4H3,(H,19,22)/t13-,18+/m0/s1. The number of hydrogen-bond donors (Lipinski definition) is 1. The van der Waals surface area contributed by atoms with Gasteiger partial charge in [-0.2, -0.15) is 0 Å². The molecular weight excluding hydrogens is 322 g/mol. The van der Waals surface area contributed by atoms with Gasteiger partial charge in [-0.05, 0) is 25.2 Å². The van der Waals surface area contributed by atoms with E-state index in [1.807, 2.05) is 30.3 Å². The first-order valence-electron chi connectivity index (χ1n) is 8.77. The molecule has 1 aromatic heterocycles. The minimum absolute atomic E-state index is 0.0864. The van der Waals surface area contributed by atoms with Gasteiger partial charge in [-0.3, -0.25) is 9.59 Å². The van der Waals surface area contributed by atoms with E-state index in [2.05, 4.69) is 24.1 Å². The summed E-state index contributed by atoms with van der Waals surface area (Å²) in [5.74, 6) is 0.569. The van der Waals surface area contributed by atoms with E-state index < -0.39 is 5.41 Å². The number of amides is 2. The van der Waals surface area contributed by atoms with Crippen LogP contribution in [0.1, 0.15) is 51.5 Å². The molecule has 3 rings (SSSR count). The van der Waals surface area contributed by atoms with Crippen LogP contribution in [-0.2, 0) is 9.59 Å². The highest BCUT2D eigenvalue weighted by Gasteiger charge is 2.59. The summed E-state index contributed by atoms with van der Waals surface area (Å²) in [7, 11) is 0. The fraction of sp³-hybridized carbons (Fsp3) is 0.722. The van der Waals surface area contributed by atoms with Crippen LogP contribution in [0.25, 0.3) is 0 Å². The third-order valence-electron chi connectivity index (χ3n) is 6.34. The van der Waals surface area contributed by atoms with Gasteiger partial charge in [0.15, 0.2) is 0 Å². The van der Waals surface area contributed by atoms with E-state index in [9.17, 15) is 9.59 Å². The molecule has 0 unspecified atom stereocenters. The molecule has 1 N–H and O–H groups in total. The molecule has 1 aliphatic carbocycles. The molecule has 2 aliphatic rings. The summed E-state index contributed by atoms with van der Waals surface area (Å²) in [6.45, 7) is 10.3. The minimum Gasteiger partial charge on any atom is -0.356 e. The second-order valence-corrected chi connectivity index (χ2v) is 8.74. The largest absolute Gasteiger partial charge is 0.356 e. The van der Waals surface area contributed by atoms with Crippen LogP contribution in [0.5, 0.6) is 0 Å². The van der Waals surface area contributed by atoms with Crippen LogP contribution in [0.4, 0.5) is 0 Å². The van der Waals surface area contributed by atoms with E-state index in [1.165, 1.54) is 0 Å². The van der Waals surface area contributed by atoms with Gasteiger partial charge in [0.2, 0.25) is 11.8 Å². The Kier molecular flexibility index (Phi) is 4.45. The van der Waals surface area contributed by atoms with Crippen molar-refractivity contribution < 1.29 is 9.59 Å². The lowest BCUT2D eigenvalue weighted by atomic mass is 9.64. The fourth-order valence-corrected chi connectivity index (χ4v) is 4.95. The Bertz CT molecular complexity index is 622. The minimum atomic E-state index is -0.476. The predicted molar refractivity (Wildman–Crippen MR) is 94.7 cm³/mol. The van der Waals surface area contributed by atoms with Crippen molar-refractivity contribution in [2.24, 2.45) is 16.7 Å². The van der Waals surface area contributed by atoms with Gasteiger partial charge < -0.3 is 10.2 Å². The molecular formula is C18H27N3O2S. The number of carbonyl (C=O) groups is 2. The molecule has 2 fully saturated rings. The molecule has 24 heavy (non-hydrogen) atoms. The van der Waals surface area contributed by atoms with Crippen LogP contribution in [0.2, 0.25) is 0 Å². The van der Waals surface area contributed by atoms with Crippen molar-refractivity contribution in [2.75, 3.05) is 19.6 Å². The van der Waals surface area contributed by atoms with E-state index in [4.69, 9.17) is 0 Å². The van der Waals surface area contributed by atoms with E-state index in [1.54, 1.807) is 11.3 Å². The molecule has 1 saturated heterocycles. The quantitative estimate of drug-likeness (QED) is 0.909. The molecule has 2 atom stereocenters. The van der Waals surface area contributed by atoms with Gasteiger partial charge in [0.1, 0.15) is 0 Å². The molecule has 132 valence electrons. The molecule has 6 heteroatoms. The molecule has 0 spiro atoms. The van der Waals surface area contributed by atoms with E-state index in [0.29, 0.717) is 12.5 Å². The SMILES string of the molecule is CCNC(=O)[C@@H]1CC[C@](C)(C(=O)N2CC(c3nccs3)C2)C1(C)C. The number of aromatic nitrogens is 1. The number of thiazole rings is 1. The smallest absolute Gasteiger partial charge is 0.229 e. The summed E-state index contributed by atoms with van der Waals surface area (Å²) < 4.78 is 0. The number of rotatable bonds is 4. The van der Waals surface area contributed by atoms with Crippen LogP contribution in [0, 0.1) is 16.7 Å². The highest BCUT2D eigenvalue weighted by atomic mass is 32.1. The second kappa shape index (κ2) is 6.14. The van der Waals surface area contributed by atoms with Crippen LogP contribution in [-0.4, -0.2) is 41.3 Å². The third kappa shape index (κ3) is 2.55. The Morgan fingerprint density at radius 2 is 2.08 bits per heavy atom. The Morgan fingerprint density at radius 1 is 1.38 bits per heavy atom. The summed E-state index contributed by atoms with van der Waals surface area (Å²) >= 11 is 1.66. The molecule has 1 saturated carbocycles. The fourth-order valence-electron chi connectivity index (χ4n) is 4.23. The van der Waals surface area contributed by atoms with Gasteiger partial charge in [-0.1, -0.05) is 20.8 Å². The first-order valence-corrected chi connectivity index (χ1v) is 9.65. The number of nitrogens with one attached hydrogen (secondary N) is 1. The average molecular weight is 350 g/mol. The van der Waals surface area contributed by atoms with Crippen molar-refractivity contribution >= 4 is 23.2 Å². The Morgan fingerprint density at radius 3 is 2.67 bits per heavy atom. The first-order chi connectivity index (χ1) is 11.3. The van der Waals surface area contributed by atoms with Gasteiger partial charge in [-0.25, -0.2) is 4.98 Å². The molecule has 1 aromatic rings. The zero-order valence-electron chi connectivity index (χ0n) is 15.0. The number of nitrogens with zero attached hydrogens (tertiary/aromatic N) is 2. The van der Waals surface area contributed by atoms with Crippen LogP contribution in [0.15, 0.2) is 11.6 Å². The average Bonchev–Trinajstić information content (AvgIpc) is 3.06. The molecule has 1 aliphatic heterocycles. The predicted octanol–water partition coefficient (Wildman–Crippen LogP) is 2.65. The van der Waals surface area contributed by atoms with Crippen molar-refractivity contribution in [1.82, 2.24) is 15.2 Å². The highest BCUT2D eigenvalue weighted by molar-refractivity contribution is 7.09. The van der Waals surface area contributed by atoms with Crippen LogP contribution in [0.3, 0.4) is 0 Å². The summed E-state index contributed by atoms with van der Waals surface area (Å²) in [5.41, 5.74) is -0.813. The lowest BCUT2D eigenvalue weighted by molar-refractivity contribution is -0.153. The lowest BCUT2D eigenvalue weighted by Crippen LogP contribution is -2.57. The van der Waals surface area contributed by atoms with E-state index in [0.717, 1.165) is 30.9 Å². The van der Waals surface area contributed by atoms with Crippen molar-refractivity contribution in [2.45, 2.75) is 46.5 Å². The Labute approximate surface area is 147 Å². The van der Waals surface area contributed by atoms with E-state index in [-0.39, 0.29) is 23.1 Å². The summed E-state index contributed by atoms with van der Waals surface area (Å²) in [5, 5.41) is 6.04.